The molecule has 0 saturated heterocycles. The Hall–Kier alpha value is -2.07. The molecule has 0 aliphatic rings. The molecular formula is C15H14ClNO3. The third-order valence-electron chi connectivity index (χ3n) is 2.66. The summed E-state index contributed by atoms with van der Waals surface area (Å²) in [6, 6.07) is 8.29. The van der Waals surface area contributed by atoms with E-state index in [-0.39, 0.29) is 17.7 Å². The monoisotopic (exact) mass is 291 g/mol. The van der Waals surface area contributed by atoms with E-state index in [4.69, 9.17) is 16.0 Å². The minimum Gasteiger partial charge on any atom is -0.453 e. The van der Waals surface area contributed by atoms with Crippen LogP contribution in [0.15, 0.2) is 34.7 Å². The Morgan fingerprint density at radius 1 is 1.30 bits per heavy atom. The molecule has 2 rings (SSSR count). The Bertz CT molecular complexity index is 646. The lowest BCUT2D eigenvalue weighted by molar-refractivity contribution is 0.0943. The molecule has 0 fully saturated rings. The Labute approximate surface area is 121 Å². The van der Waals surface area contributed by atoms with E-state index in [2.05, 4.69) is 5.32 Å². The summed E-state index contributed by atoms with van der Waals surface area (Å²) < 4.78 is 5.33. The highest BCUT2D eigenvalue weighted by Crippen LogP contribution is 2.26. The van der Waals surface area contributed by atoms with Gasteiger partial charge in [0.05, 0.1) is 10.6 Å². The van der Waals surface area contributed by atoms with Gasteiger partial charge in [0.1, 0.15) is 5.76 Å². The molecule has 0 spiro atoms. The lowest BCUT2D eigenvalue weighted by Crippen LogP contribution is -2.30. The molecule has 0 saturated carbocycles. The van der Waals surface area contributed by atoms with Gasteiger partial charge in [-0.3, -0.25) is 9.59 Å². The highest BCUT2D eigenvalue weighted by atomic mass is 35.5. The normalized spacial score (nSPS) is 10.6. The van der Waals surface area contributed by atoms with E-state index in [9.17, 15) is 9.59 Å². The maximum atomic E-state index is 12.0. The summed E-state index contributed by atoms with van der Waals surface area (Å²) in [5.41, 5.74) is 1.07. The molecule has 5 heteroatoms. The maximum absolute atomic E-state index is 12.0. The summed E-state index contributed by atoms with van der Waals surface area (Å²) in [6.45, 7) is 3.75. The number of hydrogen-bond donors (Lipinski definition) is 1. The standard InChI is InChI=1S/C15H14ClNO3/c1-9(2)17-15(19)12-7-10(3-5-13(12)16)14-6-4-11(8-18)20-14/h3-9H,1-2H3,(H,17,19). The number of hydrogen-bond acceptors (Lipinski definition) is 3. The summed E-state index contributed by atoms with van der Waals surface area (Å²) in [7, 11) is 0. The Balaban J connectivity index is 2.37. The van der Waals surface area contributed by atoms with Crippen LogP contribution in [0.2, 0.25) is 5.02 Å². The Morgan fingerprint density at radius 2 is 2.05 bits per heavy atom. The van der Waals surface area contributed by atoms with Gasteiger partial charge < -0.3 is 9.73 Å². The van der Waals surface area contributed by atoms with Gasteiger partial charge in [-0.2, -0.15) is 0 Å². The largest absolute Gasteiger partial charge is 0.453 e. The fraction of sp³-hybridized carbons (Fsp3) is 0.200. The first-order valence-electron chi connectivity index (χ1n) is 6.17. The summed E-state index contributed by atoms with van der Waals surface area (Å²) in [5, 5.41) is 3.15. The van der Waals surface area contributed by atoms with Crippen LogP contribution >= 0.6 is 11.6 Å². The van der Waals surface area contributed by atoms with Gasteiger partial charge in [-0.25, -0.2) is 0 Å². The van der Waals surface area contributed by atoms with Crippen LogP contribution in [-0.4, -0.2) is 18.2 Å². The van der Waals surface area contributed by atoms with Gasteiger partial charge in [-0.15, -0.1) is 0 Å². The van der Waals surface area contributed by atoms with Crippen molar-refractivity contribution in [2.75, 3.05) is 0 Å². The van der Waals surface area contributed by atoms with E-state index in [0.717, 1.165) is 0 Å². The average molecular weight is 292 g/mol. The number of amides is 1. The molecule has 0 atom stereocenters. The third kappa shape index (κ3) is 3.08. The zero-order valence-corrected chi connectivity index (χ0v) is 11.9. The van der Waals surface area contributed by atoms with Gasteiger partial charge in [-0.1, -0.05) is 11.6 Å². The van der Waals surface area contributed by atoms with Gasteiger partial charge in [-0.05, 0) is 44.2 Å². The molecule has 1 N–H and O–H groups in total. The van der Waals surface area contributed by atoms with Gasteiger partial charge in [0.25, 0.3) is 5.91 Å². The molecule has 0 aliphatic heterocycles. The van der Waals surface area contributed by atoms with Crippen molar-refractivity contribution >= 4 is 23.8 Å². The highest BCUT2D eigenvalue weighted by Gasteiger charge is 2.14. The number of halogens is 1. The van der Waals surface area contributed by atoms with Crippen LogP contribution in [0.3, 0.4) is 0 Å². The minimum atomic E-state index is -0.242. The van der Waals surface area contributed by atoms with Gasteiger partial charge in [0.2, 0.25) is 0 Å². The number of benzene rings is 1. The second kappa shape index (κ2) is 5.92. The molecule has 0 aliphatic carbocycles. The van der Waals surface area contributed by atoms with Crippen LogP contribution in [0.1, 0.15) is 34.8 Å². The quantitative estimate of drug-likeness (QED) is 0.876. The summed E-state index contributed by atoms with van der Waals surface area (Å²) >= 11 is 6.05. The first kappa shape index (κ1) is 14.3. The number of nitrogens with one attached hydrogen (secondary N) is 1. The minimum absolute atomic E-state index is 0.0208. The van der Waals surface area contributed by atoms with Crippen molar-refractivity contribution in [2.24, 2.45) is 0 Å². The van der Waals surface area contributed by atoms with Crippen LogP contribution in [-0.2, 0) is 0 Å². The molecule has 0 radical (unpaired) electrons. The van der Waals surface area contributed by atoms with Gasteiger partial charge in [0, 0.05) is 11.6 Å². The number of furan rings is 1. The SMILES string of the molecule is CC(C)NC(=O)c1cc(-c2ccc(C=O)o2)ccc1Cl. The van der Waals surface area contributed by atoms with Crippen molar-refractivity contribution in [1.82, 2.24) is 5.32 Å². The number of rotatable bonds is 4. The zero-order chi connectivity index (χ0) is 14.7. The fourth-order valence-corrected chi connectivity index (χ4v) is 1.97. The summed E-state index contributed by atoms with van der Waals surface area (Å²) in [6.07, 6.45) is 0.631. The molecule has 1 amide bonds. The Morgan fingerprint density at radius 3 is 2.65 bits per heavy atom. The van der Waals surface area contributed by atoms with Crippen molar-refractivity contribution < 1.29 is 14.0 Å². The van der Waals surface area contributed by atoms with Crippen molar-refractivity contribution in [3.8, 4) is 11.3 Å². The van der Waals surface area contributed by atoms with Crippen molar-refractivity contribution in [3.63, 3.8) is 0 Å². The Kier molecular flexibility index (Phi) is 4.25. The molecule has 20 heavy (non-hydrogen) atoms. The lowest BCUT2D eigenvalue weighted by Gasteiger charge is -2.10. The van der Waals surface area contributed by atoms with Crippen LogP contribution < -0.4 is 5.32 Å². The molecule has 1 aromatic heterocycles. The molecule has 0 bridgehead atoms. The van der Waals surface area contributed by atoms with Crippen LogP contribution in [0.25, 0.3) is 11.3 Å². The molecule has 2 aromatic rings. The molecule has 4 nitrogen and oxygen atoms in total. The van der Waals surface area contributed by atoms with E-state index in [1.165, 1.54) is 0 Å². The van der Waals surface area contributed by atoms with Crippen molar-refractivity contribution in [2.45, 2.75) is 19.9 Å². The lowest BCUT2D eigenvalue weighted by atomic mass is 10.1. The van der Waals surface area contributed by atoms with Crippen LogP contribution in [0, 0.1) is 0 Å². The molecular weight excluding hydrogens is 278 g/mol. The van der Waals surface area contributed by atoms with Gasteiger partial charge in [0.15, 0.2) is 12.0 Å². The molecule has 0 unspecified atom stereocenters. The molecule has 104 valence electrons. The predicted octanol–water partition coefficient (Wildman–Crippen LogP) is 3.55. The summed E-state index contributed by atoms with van der Waals surface area (Å²) in [5.74, 6) is 0.513. The maximum Gasteiger partial charge on any atom is 0.253 e. The van der Waals surface area contributed by atoms with E-state index >= 15 is 0 Å². The first-order valence-corrected chi connectivity index (χ1v) is 6.55. The smallest absolute Gasteiger partial charge is 0.253 e. The number of carbonyl (C=O) groups excluding carboxylic acids is 2. The topological polar surface area (TPSA) is 59.3 Å². The van der Waals surface area contributed by atoms with Gasteiger partial charge >= 0.3 is 0 Å². The van der Waals surface area contributed by atoms with E-state index in [1.54, 1.807) is 30.3 Å². The average Bonchev–Trinajstić information content (AvgIpc) is 2.87. The second-order valence-electron chi connectivity index (χ2n) is 4.64. The van der Waals surface area contributed by atoms with Crippen molar-refractivity contribution in [3.05, 3.63) is 46.7 Å². The number of aldehydes is 1. The first-order chi connectivity index (χ1) is 9.51. The second-order valence-corrected chi connectivity index (χ2v) is 5.05. The van der Waals surface area contributed by atoms with Crippen LogP contribution in [0.5, 0.6) is 0 Å². The number of carbonyl (C=O) groups is 2. The summed E-state index contributed by atoms with van der Waals surface area (Å²) in [4.78, 5) is 22.7. The van der Waals surface area contributed by atoms with E-state index in [0.29, 0.717) is 28.2 Å². The molecule has 1 aromatic carbocycles. The van der Waals surface area contributed by atoms with Crippen molar-refractivity contribution in [1.29, 1.82) is 0 Å². The van der Waals surface area contributed by atoms with Crippen LogP contribution in [0.4, 0.5) is 0 Å². The molecule has 1 heterocycles. The van der Waals surface area contributed by atoms with E-state index < -0.39 is 0 Å². The van der Waals surface area contributed by atoms with E-state index in [1.807, 2.05) is 13.8 Å². The third-order valence-corrected chi connectivity index (χ3v) is 2.99. The highest BCUT2D eigenvalue weighted by molar-refractivity contribution is 6.34. The predicted molar refractivity (Wildman–Crippen MR) is 77.1 cm³/mol. The zero-order valence-electron chi connectivity index (χ0n) is 11.1. The fourth-order valence-electron chi connectivity index (χ4n) is 1.76.